The number of rotatable bonds is 7. The summed E-state index contributed by atoms with van der Waals surface area (Å²) in [5, 5.41) is 9.41. The highest BCUT2D eigenvalue weighted by Crippen LogP contribution is 2.25. The molecule has 0 spiro atoms. The number of sulfonamides is 1. The molecule has 3 aromatic rings. The van der Waals surface area contributed by atoms with Crippen LogP contribution in [0.15, 0.2) is 66.1 Å². The molecule has 2 N–H and O–H groups in total. The Bertz CT molecular complexity index is 1090. The molecule has 0 unspecified atom stereocenters. The van der Waals surface area contributed by atoms with E-state index in [-0.39, 0.29) is 27.8 Å². The van der Waals surface area contributed by atoms with Crippen LogP contribution in [0, 0.1) is 0 Å². The van der Waals surface area contributed by atoms with E-state index in [1.165, 1.54) is 48.8 Å². The number of halogens is 1. The van der Waals surface area contributed by atoms with Crippen LogP contribution < -0.4 is 9.46 Å². The molecule has 0 saturated heterocycles. The van der Waals surface area contributed by atoms with Gasteiger partial charge in [-0.15, -0.1) is 0 Å². The zero-order chi connectivity index (χ0) is 20.1. The lowest BCUT2D eigenvalue weighted by atomic mass is 10.2. The maximum Gasteiger partial charge on any atom is 0.337 e. The van der Waals surface area contributed by atoms with Gasteiger partial charge in [0.2, 0.25) is 0 Å². The van der Waals surface area contributed by atoms with Gasteiger partial charge in [-0.1, -0.05) is 11.6 Å². The number of carbonyl (C=O) groups is 1. The van der Waals surface area contributed by atoms with Gasteiger partial charge in [-0.05, 0) is 42.5 Å². The van der Waals surface area contributed by atoms with Crippen molar-refractivity contribution in [3.05, 3.63) is 77.3 Å². The number of benzene rings is 2. The van der Waals surface area contributed by atoms with Crippen LogP contribution in [0.5, 0.6) is 5.75 Å². The van der Waals surface area contributed by atoms with Crippen LogP contribution in [0.25, 0.3) is 0 Å². The molecule has 144 valence electrons. The second-order valence-corrected chi connectivity index (χ2v) is 7.73. The maximum absolute atomic E-state index is 12.6. The number of aromatic nitrogens is 2. The third-order valence-electron chi connectivity index (χ3n) is 3.61. The van der Waals surface area contributed by atoms with E-state index in [0.29, 0.717) is 5.75 Å². The van der Waals surface area contributed by atoms with E-state index in [9.17, 15) is 18.3 Å². The average Bonchev–Trinajstić information content (AvgIpc) is 2.68. The zero-order valence-corrected chi connectivity index (χ0v) is 15.8. The third-order valence-corrected chi connectivity index (χ3v) is 5.23. The van der Waals surface area contributed by atoms with Crippen molar-refractivity contribution in [2.24, 2.45) is 0 Å². The van der Waals surface area contributed by atoms with E-state index in [2.05, 4.69) is 14.7 Å². The van der Waals surface area contributed by atoms with Crippen molar-refractivity contribution in [1.82, 2.24) is 9.97 Å². The fourth-order valence-corrected chi connectivity index (χ4v) is 3.52. The lowest BCUT2D eigenvalue weighted by Gasteiger charge is -2.12. The SMILES string of the molecule is O=C(O)c1cc(Cl)ccc1NS(=O)(=O)c1ccc(OCc2cncnc2)cc1. The Kier molecular flexibility index (Phi) is 5.76. The number of anilines is 1. The summed E-state index contributed by atoms with van der Waals surface area (Å²) in [6, 6.07) is 9.58. The van der Waals surface area contributed by atoms with E-state index in [1.54, 1.807) is 12.4 Å². The van der Waals surface area contributed by atoms with Crippen molar-refractivity contribution < 1.29 is 23.1 Å². The zero-order valence-electron chi connectivity index (χ0n) is 14.2. The van der Waals surface area contributed by atoms with E-state index < -0.39 is 16.0 Å². The van der Waals surface area contributed by atoms with Gasteiger partial charge < -0.3 is 9.84 Å². The maximum atomic E-state index is 12.6. The predicted molar refractivity (Wildman–Crippen MR) is 102 cm³/mol. The highest BCUT2D eigenvalue weighted by molar-refractivity contribution is 7.92. The largest absolute Gasteiger partial charge is 0.489 e. The average molecular weight is 420 g/mol. The van der Waals surface area contributed by atoms with E-state index in [0.717, 1.165) is 5.56 Å². The molecule has 0 atom stereocenters. The number of carboxylic acids is 1. The molecule has 0 aliphatic carbocycles. The summed E-state index contributed by atoms with van der Waals surface area (Å²) < 4.78 is 32.9. The first-order valence-corrected chi connectivity index (χ1v) is 9.74. The van der Waals surface area contributed by atoms with Gasteiger partial charge >= 0.3 is 5.97 Å². The van der Waals surface area contributed by atoms with Crippen molar-refractivity contribution >= 4 is 33.3 Å². The fourth-order valence-electron chi connectivity index (χ4n) is 2.27. The van der Waals surface area contributed by atoms with Gasteiger partial charge in [0.25, 0.3) is 10.0 Å². The molecule has 10 heteroatoms. The fraction of sp³-hybridized carbons (Fsp3) is 0.0556. The molecule has 0 amide bonds. The van der Waals surface area contributed by atoms with Crippen molar-refractivity contribution in [2.45, 2.75) is 11.5 Å². The highest BCUT2D eigenvalue weighted by Gasteiger charge is 2.19. The molecule has 0 bridgehead atoms. The van der Waals surface area contributed by atoms with Crippen molar-refractivity contribution in [1.29, 1.82) is 0 Å². The Morgan fingerprint density at radius 1 is 1.11 bits per heavy atom. The lowest BCUT2D eigenvalue weighted by molar-refractivity contribution is 0.0698. The van der Waals surface area contributed by atoms with Crippen LogP contribution in [-0.2, 0) is 16.6 Å². The quantitative estimate of drug-likeness (QED) is 0.603. The molecule has 0 radical (unpaired) electrons. The van der Waals surface area contributed by atoms with E-state index in [1.807, 2.05) is 0 Å². The van der Waals surface area contributed by atoms with Crippen molar-refractivity contribution in [3.8, 4) is 5.75 Å². The molecule has 0 aliphatic rings. The Balaban J connectivity index is 1.75. The van der Waals surface area contributed by atoms with Crippen LogP contribution in [0.3, 0.4) is 0 Å². The second kappa shape index (κ2) is 8.24. The van der Waals surface area contributed by atoms with E-state index in [4.69, 9.17) is 16.3 Å². The first-order chi connectivity index (χ1) is 13.3. The van der Waals surface area contributed by atoms with Crippen molar-refractivity contribution in [2.75, 3.05) is 4.72 Å². The summed E-state index contributed by atoms with van der Waals surface area (Å²) in [6.45, 7) is 0.234. The highest BCUT2D eigenvalue weighted by atomic mass is 35.5. The summed E-state index contributed by atoms with van der Waals surface area (Å²) in [5.41, 5.74) is 0.437. The van der Waals surface area contributed by atoms with Crippen LogP contribution >= 0.6 is 11.6 Å². The first kappa shape index (κ1) is 19.6. The summed E-state index contributed by atoms with van der Waals surface area (Å²) >= 11 is 5.78. The minimum Gasteiger partial charge on any atom is -0.489 e. The standard InChI is InChI=1S/C18H14ClN3O5S/c19-13-1-6-17(16(7-13)18(23)24)22-28(25,26)15-4-2-14(3-5-15)27-10-12-8-20-11-21-9-12/h1-9,11,22H,10H2,(H,23,24). The summed E-state index contributed by atoms with van der Waals surface area (Å²) in [6.07, 6.45) is 4.64. The van der Waals surface area contributed by atoms with E-state index >= 15 is 0 Å². The Morgan fingerprint density at radius 3 is 2.43 bits per heavy atom. The predicted octanol–water partition coefficient (Wildman–Crippen LogP) is 3.21. The Hall–Kier alpha value is -3.17. The number of hydrogen-bond acceptors (Lipinski definition) is 6. The van der Waals surface area contributed by atoms with Gasteiger partial charge in [0.05, 0.1) is 16.1 Å². The molecule has 1 heterocycles. The van der Waals surface area contributed by atoms with Crippen LogP contribution in [0.2, 0.25) is 5.02 Å². The monoisotopic (exact) mass is 419 g/mol. The summed E-state index contributed by atoms with van der Waals surface area (Å²) in [5.74, 6) is -0.839. The topological polar surface area (TPSA) is 118 Å². The van der Waals surface area contributed by atoms with Crippen LogP contribution in [-0.4, -0.2) is 29.5 Å². The molecule has 0 saturated carbocycles. The second-order valence-electron chi connectivity index (χ2n) is 5.61. The Labute approximate surface area is 165 Å². The summed E-state index contributed by atoms with van der Waals surface area (Å²) in [7, 11) is -4.00. The molecule has 28 heavy (non-hydrogen) atoms. The minimum absolute atomic E-state index is 0.0471. The molecule has 1 aromatic heterocycles. The molecule has 2 aromatic carbocycles. The molecule has 3 rings (SSSR count). The normalized spacial score (nSPS) is 11.0. The number of aromatic carboxylic acids is 1. The molecule has 0 fully saturated rings. The number of hydrogen-bond donors (Lipinski definition) is 2. The van der Waals surface area contributed by atoms with Gasteiger partial charge in [-0.3, -0.25) is 4.72 Å². The molecule has 0 aliphatic heterocycles. The van der Waals surface area contributed by atoms with Gasteiger partial charge in [0.1, 0.15) is 18.7 Å². The molecule has 8 nitrogen and oxygen atoms in total. The number of nitrogens with zero attached hydrogens (tertiary/aromatic N) is 2. The molecular weight excluding hydrogens is 406 g/mol. The van der Waals surface area contributed by atoms with Crippen LogP contribution in [0.4, 0.5) is 5.69 Å². The van der Waals surface area contributed by atoms with Gasteiger partial charge in [-0.2, -0.15) is 0 Å². The third kappa shape index (κ3) is 4.76. The van der Waals surface area contributed by atoms with Gasteiger partial charge in [0.15, 0.2) is 0 Å². The number of ether oxygens (including phenoxy) is 1. The van der Waals surface area contributed by atoms with Crippen LogP contribution in [0.1, 0.15) is 15.9 Å². The molecular formula is C18H14ClN3O5S. The number of carboxylic acid groups (broad SMARTS) is 1. The Morgan fingerprint density at radius 2 is 1.79 bits per heavy atom. The lowest BCUT2D eigenvalue weighted by Crippen LogP contribution is -2.15. The summed E-state index contributed by atoms with van der Waals surface area (Å²) in [4.78, 5) is 19.0. The smallest absolute Gasteiger partial charge is 0.337 e. The van der Waals surface area contributed by atoms with Gasteiger partial charge in [-0.25, -0.2) is 23.2 Å². The number of nitrogens with one attached hydrogen (secondary N) is 1. The van der Waals surface area contributed by atoms with Crippen molar-refractivity contribution in [3.63, 3.8) is 0 Å². The first-order valence-electron chi connectivity index (χ1n) is 7.87. The van der Waals surface area contributed by atoms with Gasteiger partial charge in [0, 0.05) is 23.0 Å². The minimum atomic E-state index is -4.00.